The Morgan fingerprint density at radius 3 is 2.63 bits per heavy atom. The summed E-state index contributed by atoms with van der Waals surface area (Å²) in [7, 11) is 0. The van der Waals surface area contributed by atoms with Crippen molar-refractivity contribution >= 4 is 0 Å². The van der Waals surface area contributed by atoms with E-state index in [1.165, 1.54) is 32.1 Å². The number of nitrogens with two attached hydrogens (primary N) is 1. The normalized spacial score (nSPS) is 35.1. The number of morpholine rings is 1. The van der Waals surface area contributed by atoms with Crippen LogP contribution in [0, 0.1) is 11.3 Å². The lowest BCUT2D eigenvalue weighted by molar-refractivity contribution is -0.0407. The summed E-state index contributed by atoms with van der Waals surface area (Å²) in [6, 6.07) is 0.769. The Kier molecular flexibility index (Phi) is 5.27. The van der Waals surface area contributed by atoms with Gasteiger partial charge >= 0.3 is 0 Å². The summed E-state index contributed by atoms with van der Waals surface area (Å²) in [5.74, 6) is 0.892. The van der Waals surface area contributed by atoms with Gasteiger partial charge in [-0.1, -0.05) is 27.2 Å². The van der Waals surface area contributed by atoms with E-state index in [1.807, 2.05) is 0 Å². The second-order valence-electron chi connectivity index (χ2n) is 7.45. The fourth-order valence-corrected chi connectivity index (χ4v) is 3.73. The largest absolute Gasteiger partial charge is 0.374 e. The summed E-state index contributed by atoms with van der Waals surface area (Å²) < 4.78 is 5.69. The minimum Gasteiger partial charge on any atom is -0.374 e. The molecule has 112 valence electrons. The fourth-order valence-electron chi connectivity index (χ4n) is 3.73. The highest BCUT2D eigenvalue weighted by Gasteiger charge is 2.31. The topological polar surface area (TPSA) is 38.5 Å². The van der Waals surface area contributed by atoms with Gasteiger partial charge in [-0.05, 0) is 37.0 Å². The first-order chi connectivity index (χ1) is 9.00. The van der Waals surface area contributed by atoms with Crippen molar-refractivity contribution in [2.24, 2.45) is 17.1 Å². The maximum Gasteiger partial charge on any atom is 0.0824 e. The van der Waals surface area contributed by atoms with Crippen molar-refractivity contribution in [3.8, 4) is 0 Å². The Bertz CT molecular complexity index is 274. The first-order valence-corrected chi connectivity index (χ1v) is 8.06. The first-order valence-electron chi connectivity index (χ1n) is 8.06. The molecule has 2 rings (SSSR count). The van der Waals surface area contributed by atoms with E-state index in [4.69, 9.17) is 10.5 Å². The van der Waals surface area contributed by atoms with Crippen LogP contribution in [-0.2, 0) is 4.74 Å². The van der Waals surface area contributed by atoms with E-state index in [1.54, 1.807) is 0 Å². The van der Waals surface area contributed by atoms with Gasteiger partial charge in [0.15, 0.2) is 0 Å². The van der Waals surface area contributed by atoms with E-state index in [-0.39, 0.29) is 6.10 Å². The molecule has 19 heavy (non-hydrogen) atoms. The van der Waals surface area contributed by atoms with Crippen LogP contribution in [0.15, 0.2) is 0 Å². The molecule has 3 unspecified atom stereocenters. The van der Waals surface area contributed by atoms with Crippen LogP contribution in [0.3, 0.4) is 0 Å². The molecule has 1 heterocycles. The zero-order chi connectivity index (χ0) is 13.9. The zero-order valence-electron chi connectivity index (χ0n) is 13.0. The molecule has 0 aromatic carbocycles. The molecule has 2 N–H and O–H groups in total. The second-order valence-corrected chi connectivity index (χ2v) is 7.45. The second kappa shape index (κ2) is 6.55. The van der Waals surface area contributed by atoms with Crippen LogP contribution < -0.4 is 5.73 Å². The smallest absolute Gasteiger partial charge is 0.0824 e. The number of rotatable bonds is 2. The van der Waals surface area contributed by atoms with E-state index >= 15 is 0 Å². The lowest BCUT2D eigenvalue weighted by atomic mass is 9.76. The molecular formula is C16H32N2O. The fraction of sp³-hybridized carbons (Fsp3) is 1.00. The lowest BCUT2D eigenvalue weighted by Gasteiger charge is -2.38. The van der Waals surface area contributed by atoms with Crippen LogP contribution in [-0.4, -0.2) is 43.3 Å². The molecule has 1 saturated heterocycles. The third-order valence-corrected chi connectivity index (χ3v) is 5.11. The highest BCUT2D eigenvalue weighted by Crippen LogP contribution is 2.37. The van der Waals surface area contributed by atoms with Crippen molar-refractivity contribution in [1.29, 1.82) is 0 Å². The monoisotopic (exact) mass is 268 g/mol. The van der Waals surface area contributed by atoms with Crippen molar-refractivity contribution in [3.63, 3.8) is 0 Å². The molecule has 1 aliphatic heterocycles. The highest BCUT2D eigenvalue weighted by molar-refractivity contribution is 4.84. The third-order valence-electron chi connectivity index (χ3n) is 5.11. The Labute approximate surface area is 118 Å². The molecule has 0 aromatic heterocycles. The quantitative estimate of drug-likeness (QED) is 0.783. The van der Waals surface area contributed by atoms with Crippen molar-refractivity contribution in [1.82, 2.24) is 4.90 Å². The molecule has 1 saturated carbocycles. The van der Waals surface area contributed by atoms with Crippen molar-refractivity contribution in [2.45, 2.75) is 65.0 Å². The molecule has 0 spiro atoms. The minimum atomic E-state index is 0.260. The van der Waals surface area contributed by atoms with Gasteiger partial charge in [0.1, 0.15) is 0 Å². The standard InChI is InChI=1S/C16H32N2O/c1-16(2,3)13-5-4-6-14(8-7-13)18-9-10-19-15(11-17)12-18/h13-15H,4-12,17H2,1-3H3. The lowest BCUT2D eigenvalue weighted by Crippen LogP contribution is -2.49. The van der Waals surface area contributed by atoms with Gasteiger partial charge in [-0.15, -0.1) is 0 Å². The van der Waals surface area contributed by atoms with Gasteiger partial charge in [-0.3, -0.25) is 4.90 Å². The molecule has 0 radical (unpaired) electrons. The predicted molar refractivity (Wildman–Crippen MR) is 80.2 cm³/mol. The van der Waals surface area contributed by atoms with Gasteiger partial charge in [0.25, 0.3) is 0 Å². The molecule has 2 aliphatic rings. The highest BCUT2D eigenvalue weighted by atomic mass is 16.5. The van der Waals surface area contributed by atoms with Crippen LogP contribution in [0.25, 0.3) is 0 Å². The number of hydrogen-bond donors (Lipinski definition) is 1. The van der Waals surface area contributed by atoms with Gasteiger partial charge in [-0.25, -0.2) is 0 Å². The maximum absolute atomic E-state index is 5.75. The maximum atomic E-state index is 5.75. The Hall–Kier alpha value is -0.120. The van der Waals surface area contributed by atoms with Gasteiger partial charge in [0.05, 0.1) is 12.7 Å². The molecular weight excluding hydrogens is 236 g/mol. The van der Waals surface area contributed by atoms with Crippen molar-refractivity contribution in [2.75, 3.05) is 26.2 Å². The van der Waals surface area contributed by atoms with E-state index in [0.717, 1.165) is 31.7 Å². The number of ether oxygens (including phenoxy) is 1. The van der Waals surface area contributed by atoms with Crippen molar-refractivity contribution < 1.29 is 4.74 Å². The van der Waals surface area contributed by atoms with E-state index < -0.39 is 0 Å². The van der Waals surface area contributed by atoms with Crippen molar-refractivity contribution in [3.05, 3.63) is 0 Å². The average molecular weight is 268 g/mol. The van der Waals surface area contributed by atoms with Crippen LogP contribution >= 0.6 is 0 Å². The third kappa shape index (κ3) is 4.17. The predicted octanol–water partition coefficient (Wildman–Crippen LogP) is 2.64. The van der Waals surface area contributed by atoms with E-state index in [9.17, 15) is 0 Å². The molecule has 1 aliphatic carbocycles. The molecule has 0 bridgehead atoms. The average Bonchev–Trinajstić information content (AvgIpc) is 2.64. The van der Waals surface area contributed by atoms with Crippen LogP contribution in [0.2, 0.25) is 0 Å². The van der Waals surface area contributed by atoms with E-state index in [2.05, 4.69) is 25.7 Å². The SMILES string of the molecule is CC(C)(C)C1CCCC(N2CCOC(CN)C2)CC1. The summed E-state index contributed by atoms with van der Waals surface area (Å²) in [5, 5.41) is 0. The Balaban J connectivity index is 1.88. The van der Waals surface area contributed by atoms with Gasteiger partial charge < -0.3 is 10.5 Å². The number of hydrogen-bond acceptors (Lipinski definition) is 3. The summed E-state index contributed by atoms with van der Waals surface area (Å²) in [5.41, 5.74) is 6.23. The van der Waals surface area contributed by atoms with Crippen LogP contribution in [0.5, 0.6) is 0 Å². The zero-order valence-corrected chi connectivity index (χ0v) is 13.0. The molecule has 3 heteroatoms. The van der Waals surface area contributed by atoms with Crippen LogP contribution in [0.4, 0.5) is 0 Å². The molecule has 0 amide bonds. The summed E-state index contributed by atoms with van der Waals surface area (Å²) >= 11 is 0. The summed E-state index contributed by atoms with van der Waals surface area (Å²) in [4.78, 5) is 2.64. The van der Waals surface area contributed by atoms with Gasteiger partial charge in [-0.2, -0.15) is 0 Å². The summed E-state index contributed by atoms with van der Waals surface area (Å²) in [6.45, 7) is 10.9. The Morgan fingerprint density at radius 2 is 1.95 bits per heavy atom. The van der Waals surface area contributed by atoms with Crippen LogP contribution in [0.1, 0.15) is 52.9 Å². The molecule has 2 fully saturated rings. The molecule has 3 nitrogen and oxygen atoms in total. The van der Waals surface area contributed by atoms with Gasteiger partial charge in [0.2, 0.25) is 0 Å². The molecule has 3 atom stereocenters. The van der Waals surface area contributed by atoms with Gasteiger partial charge in [0, 0.05) is 25.7 Å². The first kappa shape index (κ1) is 15.3. The minimum absolute atomic E-state index is 0.260. The number of nitrogens with zero attached hydrogens (tertiary/aromatic N) is 1. The van der Waals surface area contributed by atoms with E-state index in [0.29, 0.717) is 12.0 Å². The molecule has 0 aromatic rings. The summed E-state index contributed by atoms with van der Waals surface area (Å²) in [6.07, 6.45) is 7.17. The Morgan fingerprint density at radius 1 is 1.16 bits per heavy atom.